The standard InChI is InChI=1S/C28H21F3N4O2/c29-28(30,31)22-9-6-19(7-10-22)17-37-24-5-1-4-23(14-24)35-18-34-25-13-21(8-11-26(25)35)27(36)33-16-20-3-2-12-32-15-20/h1-15,18H,16-17H2,(H,33,36). The van der Waals surface area contributed by atoms with E-state index in [1.165, 1.54) is 12.1 Å². The minimum Gasteiger partial charge on any atom is -0.489 e. The van der Waals surface area contributed by atoms with E-state index in [4.69, 9.17) is 4.74 Å². The Hall–Kier alpha value is -4.66. The fourth-order valence-corrected chi connectivity index (χ4v) is 3.83. The highest BCUT2D eigenvalue weighted by atomic mass is 19.4. The smallest absolute Gasteiger partial charge is 0.416 e. The van der Waals surface area contributed by atoms with Gasteiger partial charge in [-0.2, -0.15) is 13.2 Å². The highest BCUT2D eigenvalue weighted by molar-refractivity contribution is 5.97. The number of imidazole rings is 1. The Morgan fingerprint density at radius 3 is 2.54 bits per heavy atom. The van der Waals surface area contributed by atoms with E-state index in [9.17, 15) is 18.0 Å². The fourth-order valence-electron chi connectivity index (χ4n) is 3.83. The molecule has 0 radical (unpaired) electrons. The van der Waals surface area contributed by atoms with Crippen LogP contribution < -0.4 is 10.1 Å². The van der Waals surface area contributed by atoms with E-state index in [2.05, 4.69) is 15.3 Å². The molecule has 2 heterocycles. The van der Waals surface area contributed by atoms with E-state index in [0.29, 0.717) is 28.9 Å². The van der Waals surface area contributed by atoms with E-state index in [0.717, 1.165) is 28.9 Å². The molecule has 5 aromatic rings. The number of fused-ring (bicyclic) bond motifs is 1. The summed E-state index contributed by atoms with van der Waals surface area (Å²) in [6.45, 7) is 0.502. The number of nitrogens with one attached hydrogen (secondary N) is 1. The van der Waals surface area contributed by atoms with Gasteiger partial charge in [0.25, 0.3) is 5.91 Å². The van der Waals surface area contributed by atoms with Crippen LogP contribution in [-0.4, -0.2) is 20.4 Å². The number of pyridine rings is 1. The number of hydrogen-bond acceptors (Lipinski definition) is 4. The molecular formula is C28H21F3N4O2. The van der Waals surface area contributed by atoms with Crippen LogP contribution in [0.15, 0.2) is 97.6 Å². The summed E-state index contributed by atoms with van der Waals surface area (Å²) in [7, 11) is 0. The third-order valence-corrected chi connectivity index (χ3v) is 5.77. The molecule has 0 aliphatic heterocycles. The number of aromatic nitrogens is 3. The van der Waals surface area contributed by atoms with Crippen LogP contribution in [0.1, 0.15) is 27.0 Å². The summed E-state index contributed by atoms with van der Waals surface area (Å²) in [6, 6.07) is 21.2. The quantitative estimate of drug-likeness (QED) is 0.299. The van der Waals surface area contributed by atoms with Gasteiger partial charge in [-0.05, 0) is 59.7 Å². The van der Waals surface area contributed by atoms with Gasteiger partial charge in [-0.1, -0.05) is 24.3 Å². The minimum atomic E-state index is -4.37. The molecule has 0 aliphatic rings. The van der Waals surface area contributed by atoms with Crippen LogP contribution >= 0.6 is 0 Å². The average Bonchev–Trinajstić information content (AvgIpc) is 3.34. The van der Waals surface area contributed by atoms with Gasteiger partial charge < -0.3 is 10.1 Å². The molecule has 9 heteroatoms. The number of benzene rings is 3. The summed E-state index contributed by atoms with van der Waals surface area (Å²) >= 11 is 0. The van der Waals surface area contributed by atoms with Gasteiger partial charge in [-0.25, -0.2) is 4.98 Å². The second kappa shape index (κ2) is 10.1. The summed E-state index contributed by atoms with van der Waals surface area (Å²) in [5, 5.41) is 2.88. The topological polar surface area (TPSA) is 69.0 Å². The molecule has 0 unspecified atom stereocenters. The Kier molecular flexibility index (Phi) is 6.59. The van der Waals surface area contributed by atoms with E-state index in [1.807, 2.05) is 41.0 Å². The lowest BCUT2D eigenvalue weighted by atomic mass is 10.1. The second-order valence-electron chi connectivity index (χ2n) is 8.34. The molecule has 6 nitrogen and oxygen atoms in total. The minimum absolute atomic E-state index is 0.129. The largest absolute Gasteiger partial charge is 0.489 e. The van der Waals surface area contributed by atoms with Crippen molar-refractivity contribution in [1.29, 1.82) is 0 Å². The number of halogens is 3. The first-order valence-corrected chi connectivity index (χ1v) is 11.4. The summed E-state index contributed by atoms with van der Waals surface area (Å²) in [4.78, 5) is 21.1. The third-order valence-electron chi connectivity index (χ3n) is 5.77. The predicted molar refractivity (Wildman–Crippen MR) is 132 cm³/mol. The van der Waals surface area contributed by atoms with Crippen molar-refractivity contribution in [3.63, 3.8) is 0 Å². The van der Waals surface area contributed by atoms with Gasteiger partial charge >= 0.3 is 6.18 Å². The van der Waals surface area contributed by atoms with Gasteiger partial charge in [0.2, 0.25) is 0 Å². The molecule has 0 aliphatic carbocycles. The van der Waals surface area contributed by atoms with Crippen molar-refractivity contribution in [1.82, 2.24) is 19.9 Å². The SMILES string of the molecule is O=C(NCc1cccnc1)c1ccc2c(c1)ncn2-c1cccc(OCc2ccc(C(F)(F)F)cc2)c1. The van der Waals surface area contributed by atoms with E-state index in [1.54, 1.807) is 36.9 Å². The summed E-state index contributed by atoms with van der Waals surface area (Å²) in [5.74, 6) is 0.351. The first-order valence-electron chi connectivity index (χ1n) is 11.4. The summed E-state index contributed by atoms with van der Waals surface area (Å²) in [5.41, 5.74) is 3.59. The van der Waals surface area contributed by atoms with Crippen molar-refractivity contribution in [2.75, 3.05) is 0 Å². The van der Waals surface area contributed by atoms with Crippen molar-refractivity contribution < 1.29 is 22.7 Å². The molecule has 0 fully saturated rings. The first-order chi connectivity index (χ1) is 17.9. The van der Waals surface area contributed by atoms with Crippen molar-refractivity contribution in [3.8, 4) is 11.4 Å². The Labute approximate surface area is 210 Å². The Morgan fingerprint density at radius 1 is 0.946 bits per heavy atom. The molecule has 0 saturated heterocycles. The number of carbonyl (C=O) groups is 1. The van der Waals surface area contributed by atoms with Crippen molar-refractivity contribution in [2.24, 2.45) is 0 Å². The highest BCUT2D eigenvalue weighted by Gasteiger charge is 2.29. The molecule has 3 aromatic carbocycles. The maximum atomic E-state index is 12.8. The van der Waals surface area contributed by atoms with Crippen LogP contribution in [-0.2, 0) is 19.3 Å². The monoisotopic (exact) mass is 502 g/mol. The highest BCUT2D eigenvalue weighted by Crippen LogP contribution is 2.29. The van der Waals surface area contributed by atoms with Gasteiger partial charge in [0.05, 0.1) is 22.3 Å². The van der Waals surface area contributed by atoms with Crippen LogP contribution in [0.5, 0.6) is 5.75 Å². The number of amides is 1. The zero-order valence-electron chi connectivity index (χ0n) is 19.4. The zero-order chi connectivity index (χ0) is 25.8. The number of nitrogens with zero attached hydrogens (tertiary/aromatic N) is 3. The van der Waals surface area contributed by atoms with Crippen LogP contribution in [0, 0.1) is 0 Å². The van der Waals surface area contributed by atoms with Gasteiger partial charge in [0, 0.05) is 30.6 Å². The van der Waals surface area contributed by atoms with Crippen molar-refractivity contribution in [3.05, 3.63) is 120 Å². The summed E-state index contributed by atoms with van der Waals surface area (Å²) < 4.78 is 46.0. The lowest BCUT2D eigenvalue weighted by Gasteiger charge is -2.11. The predicted octanol–water partition coefficient (Wildman–Crippen LogP) is 5.95. The lowest BCUT2D eigenvalue weighted by Crippen LogP contribution is -2.22. The van der Waals surface area contributed by atoms with Gasteiger partial charge in [0.15, 0.2) is 0 Å². The molecule has 37 heavy (non-hydrogen) atoms. The second-order valence-corrected chi connectivity index (χ2v) is 8.34. The normalized spacial score (nSPS) is 11.4. The molecule has 0 spiro atoms. The van der Waals surface area contributed by atoms with Gasteiger partial charge in [0.1, 0.15) is 18.7 Å². The number of hydrogen-bond donors (Lipinski definition) is 1. The lowest BCUT2D eigenvalue weighted by molar-refractivity contribution is -0.137. The van der Waals surface area contributed by atoms with E-state index in [-0.39, 0.29) is 12.5 Å². The maximum Gasteiger partial charge on any atom is 0.416 e. The zero-order valence-corrected chi connectivity index (χ0v) is 19.4. The number of alkyl halides is 3. The summed E-state index contributed by atoms with van der Waals surface area (Å²) in [6.07, 6.45) is 0.673. The van der Waals surface area contributed by atoms with Crippen LogP contribution in [0.2, 0.25) is 0 Å². The Morgan fingerprint density at radius 2 is 1.78 bits per heavy atom. The molecule has 0 saturated carbocycles. The number of rotatable bonds is 7. The molecule has 186 valence electrons. The molecule has 0 bridgehead atoms. The van der Waals surface area contributed by atoms with Gasteiger partial charge in [-0.15, -0.1) is 0 Å². The molecule has 1 N–H and O–H groups in total. The molecule has 0 atom stereocenters. The molecule has 5 rings (SSSR count). The molecule has 1 amide bonds. The van der Waals surface area contributed by atoms with E-state index >= 15 is 0 Å². The Bertz CT molecular complexity index is 1530. The van der Waals surface area contributed by atoms with E-state index < -0.39 is 11.7 Å². The molecule has 2 aromatic heterocycles. The van der Waals surface area contributed by atoms with Crippen LogP contribution in [0.4, 0.5) is 13.2 Å². The fraction of sp³-hybridized carbons (Fsp3) is 0.107. The van der Waals surface area contributed by atoms with Crippen molar-refractivity contribution >= 4 is 16.9 Å². The number of carbonyl (C=O) groups excluding carboxylic acids is 1. The van der Waals surface area contributed by atoms with Crippen molar-refractivity contribution in [2.45, 2.75) is 19.3 Å². The Balaban J connectivity index is 1.28. The average molecular weight is 502 g/mol. The first kappa shape index (κ1) is 24.1. The maximum absolute atomic E-state index is 12.8. The molecular weight excluding hydrogens is 481 g/mol. The number of ether oxygens (including phenoxy) is 1. The van der Waals surface area contributed by atoms with Crippen LogP contribution in [0.25, 0.3) is 16.7 Å². The van der Waals surface area contributed by atoms with Gasteiger partial charge in [-0.3, -0.25) is 14.3 Å². The third kappa shape index (κ3) is 5.61. The van der Waals surface area contributed by atoms with Crippen LogP contribution in [0.3, 0.4) is 0 Å².